The van der Waals surface area contributed by atoms with Gasteiger partial charge in [-0.25, -0.2) is 18.1 Å². The summed E-state index contributed by atoms with van der Waals surface area (Å²) < 4.78 is 30.1. The topological polar surface area (TPSA) is 63.5 Å². The molecule has 0 radical (unpaired) electrons. The molecule has 132 valence electrons. The number of aromatic nitrogens is 2. The van der Waals surface area contributed by atoms with Gasteiger partial charge in [0.05, 0.1) is 9.92 Å². The predicted octanol–water partition coefficient (Wildman–Crippen LogP) is 3.56. The second-order valence-corrected chi connectivity index (χ2v) is 8.59. The minimum Gasteiger partial charge on any atom is -0.294 e. The van der Waals surface area contributed by atoms with Crippen LogP contribution in [-0.4, -0.2) is 30.1 Å². The van der Waals surface area contributed by atoms with Crippen LogP contribution in [0.2, 0.25) is 0 Å². The number of sulfonamides is 1. The van der Waals surface area contributed by atoms with E-state index in [1.807, 2.05) is 59.1 Å². The molecule has 0 bridgehead atoms. The first kappa shape index (κ1) is 17.1. The first-order valence-corrected chi connectivity index (χ1v) is 10.6. The average molecular weight is 383 g/mol. The van der Waals surface area contributed by atoms with Crippen LogP contribution < -0.4 is 4.72 Å². The smallest absolute Gasteiger partial charge is 0.241 e. The molecule has 26 heavy (non-hydrogen) atoms. The number of thioether (sulfide) groups is 1. The molecule has 7 heteroatoms. The second-order valence-electron chi connectivity index (χ2n) is 5.74. The molecule has 0 saturated carbocycles. The van der Waals surface area contributed by atoms with E-state index >= 15 is 0 Å². The van der Waals surface area contributed by atoms with Crippen LogP contribution in [0.5, 0.6) is 0 Å². The highest BCUT2D eigenvalue weighted by atomic mass is 32.2. The van der Waals surface area contributed by atoms with Gasteiger partial charge in [0.2, 0.25) is 10.0 Å². The Labute approximate surface area is 156 Å². The maximum atomic E-state index is 12.7. The molecule has 4 rings (SSSR count). The summed E-state index contributed by atoms with van der Waals surface area (Å²) in [5, 5.41) is 2.68. The van der Waals surface area contributed by atoms with Gasteiger partial charge in [-0.05, 0) is 23.6 Å². The first-order chi connectivity index (χ1) is 12.6. The van der Waals surface area contributed by atoms with Gasteiger partial charge in [-0.15, -0.1) is 11.8 Å². The summed E-state index contributed by atoms with van der Waals surface area (Å²) in [6.07, 6.45) is 3.65. The molecule has 2 aromatic heterocycles. The lowest BCUT2D eigenvalue weighted by atomic mass is 10.1. The zero-order valence-electron chi connectivity index (χ0n) is 13.9. The molecule has 5 nitrogen and oxygen atoms in total. The third-order valence-electron chi connectivity index (χ3n) is 4.07. The van der Waals surface area contributed by atoms with Crippen LogP contribution in [0.4, 0.5) is 0 Å². The summed E-state index contributed by atoms with van der Waals surface area (Å²) in [5.74, 6) is 0.626. The van der Waals surface area contributed by atoms with Gasteiger partial charge in [-0.1, -0.05) is 42.5 Å². The molecule has 0 spiro atoms. The zero-order valence-corrected chi connectivity index (χ0v) is 15.5. The van der Waals surface area contributed by atoms with E-state index in [4.69, 9.17) is 0 Å². The highest BCUT2D eigenvalue weighted by molar-refractivity contribution is 7.99. The summed E-state index contributed by atoms with van der Waals surface area (Å²) in [6.45, 7) is 0.349. The number of nitrogens with zero attached hydrogens (tertiary/aromatic N) is 2. The highest BCUT2D eigenvalue weighted by Gasteiger charge is 2.16. The van der Waals surface area contributed by atoms with E-state index in [1.165, 1.54) is 0 Å². The Morgan fingerprint density at radius 1 is 1.00 bits per heavy atom. The van der Waals surface area contributed by atoms with Gasteiger partial charge in [0.15, 0.2) is 0 Å². The highest BCUT2D eigenvalue weighted by Crippen LogP contribution is 2.23. The lowest BCUT2D eigenvalue weighted by Gasteiger charge is -2.10. The number of imidazole rings is 1. The molecular weight excluding hydrogens is 366 g/mol. The molecule has 2 heterocycles. The summed E-state index contributed by atoms with van der Waals surface area (Å²) >= 11 is 1.59. The second kappa shape index (κ2) is 7.11. The number of hydrogen-bond acceptors (Lipinski definition) is 4. The standard InChI is InChI=1S/C19H17N3O2S2/c23-26(24,17-8-3-6-15-5-1-2-7-16(15)17)21-12-14-25-19-10-4-9-18-20-11-13-22(18)19/h1-11,13,21H,12,14H2. The summed E-state index contributed by atoms with van der Waals surface area (Å²) in [5.41, 5.74) is 0.881. The molecule has 2 aromatic carbocycles. The van der Waals surface area contributed by atoms with E-state index in [2.05, 4.69) is 9.71 Å². The Morgan fingerprint density at radius 2 is 1.81 bits per heavy atom. The Kier molecular flexibility index (Phi) is 4.67. The third kappa shape index (κ3) is 3.33. The molecule has 0 amide bonds. The van der Waals surface area contributed by atoms with Gasteiger partial charge < -0.3 is 0 Å². The SMILES string of the molecule is O=S(=O)(NCCSc1cccc2nccn12)c1cccc2ccccc12. The van der Waals surface area contributed by atoms with Crippen molar-refractivity contribution in [1.29, 1.82) is 0 Å². The Bertz CT molecular complexity index is 1160. The molecule has 0 saturated heterocycles. The van der Waals surface area contributed by atoms with Crippen molar-refractivity contribution in [3.8, 4) is 0 Å². The van der Waals surface area contributed by atoms with E-state index in [0.29, 0.717) is 17.2 Å². The van der Waals surface area contributed by atoms with Crippen LogP contribution in [0.3, 0.4) is 0 Å². The van der Waals surface area contributed by atoms with Crippen LogP contribution in [0.1, 0.15) is 0 Å². The molecule has 0 aliphatic carbocycles. The monoisotopic (exact) mass is 383 g/mol. The van der Waals surface area contributed by atoms with Gasteiger partial charge in [-0.3, -0.25) is 4.40 Å². The summed E-state index contributed by atoms with van der Waals surface area (Å²) in [7, 11) is -3.56. The molecule has 0 atom stereocenters. The summed E-state index contributed by atoms with van der Waals surface area (Å²) in [6, 6.07) is 18.7. The third-order valence-corrected chi connectivity index (χ3v) is 6.63. The van der Waals surface area contributed by atoms with Crippen molar-refractivity contribution in [2.45, 2.75) is 9.92 Å². The van der Waals surface area contributed by atoms with Crippen molar-refractivity contribution in [3.63, 3.8) is 0 Å². The number of rotatable bonds is 6. The van der Waals surface area contributed by atoms with E-state index in [-0.39, 0.29) is 0 Å². The van der Waals surface area contributed by atoms with Gasteiger partial charge in [-0.2, -0.15) is 0 Å². The van der Waals surface area contributed by atoms with Gasteiger partial charge in [0, 0.05) is 30.1 Å². The van der Waals surface area contributed by atoms with Gasteiger partial charge in [0.1, 0.15) is 5.65 Å². The lowest BCUT2D eigenvalue weighted by Crippen LogP contribution is -2.26. The van der Waals surface area contributed by atoms with E-state index < -0.39 is 10.0 Å². The molecule has 0 fully saturated rings. The van der Waals surface area contributed by atoms with E-state index in [0.717, 1.165) is 21.4 Å². The summed E-state index contributed by atoms with van der Waals surface area (Å²) in [4.78, 5) is 4.57. The van der Waals surface area contributed by atoms with Crippen molar-refractivity contribution in [2.24, 2.45) is 0 Å². The zero-order chi connectivity index (χ0) is 18.0. The molecule has 4 aromatic rings. The number of hydrogen-bond donors (Lipinski definition) is 1. The minimum absolute atomic E-state index is 0.317. The number of pyridine rings is 1. The maximum Gasteiger partial charge on any atom is 0.241 e. The van der Waals surface area contributed by atoms with Crippen molar-refractivity contribution in [1.82, 2.24) is 14.1 Å². The molecule has 0 aliphatic heterocycles. The van der Waals surface area contributed by atoms with Gasteiger partial charge in [0.25, 0.3) is 0 Å². The molecule has 1 N–H and O–H groups in total. The molecular formula is C19H17N3O2S2. The quantitative estimate of drug-likeness (QED) is 0.408. The molecule has 0 unspecified atom stereocenters. The number of nitrogens with one attached hydrogen (secondary N) is 1. The van der Waals surface area contributed by atoms with Crippen LogP contribution >= 0.6 is 11.8 Å². The average Bonchev–Trinajstić information content (AvgIpc) is 3.14. The fraction of sp³-hybridized carbons (Fsp3) is 0.105. The van der Waals surface area contributed by atoms with Crippen LogP contribution in [0.15, 0.2) is 83.0 Å². The first-order valence-electron chi connectivity index (χ1n) is 8.17. The van der Waals surface area contributed by atoms with E-state index in [9.17, 15) is 8.42 Å². The largest absolute Gasteiger partial charge is 0.294 e. The normalized spacial score (nSPS) is 12.0. The van der Waals surface area contributed by atoms with Crippen molar-refractivity contribution < 1.29 is 8.42 Å². The van der Waals surface area contributed by atoms with Crippen LogP contribution in [0.25, 0.3) is 16.4 Å². The van der Waals surface area contributed by atoms with Gasteiger partial charge >= 0.3 is 0 Å². The Hall–Kier alpha value is -2.35. The molecule has 0 aliphatic rings. The van der Waals surface area contributed by atoms with Crippen LogP contribution in [-0.2, 0) is 10.0 Å². The maximum absolute atomic E-state index is 12.7. The number of fused-ring (bicyclic) bond motifs is 2. The number of benzene rings is 2. The van der Waals surface area contributed by atoms with E-state index in [1.54, 1.807) is 30.1 Å². The fourth-order valence-electron chi connectivity index (χ4n) is 2.88. The Balaban J connectivity index is 1.46. The van der Waals surface area contributed by atoms with Crippen molar-refractivity contribution in [3.05, 3.63) is 73.1 Å². The van der Waals surface area contributed by atoms with Crippen LogP contribution in [0, 0.1) is 0 Å². The predicted molar refractivity (Wildman–Crippen MR) is 105 cm³/mol. The minimum atomic E-state index is -3.56. The lowest BCUT2D eigenvalue weighted by molar-refractivity contribution is 0.585. The van der Waals surface area contributed by atoms with Crippen molar-refractivity contribution in [2.75, 3.05) is 12.3 Å². The Morgan fingerprint density at radius 3 is 2.73 bits per heavy atom. The fourth-order valence-corrected chi connectivity index (χ4v) is 5.15. The van der Waals surface area contributed by atoms with Crippen molar-refractivity contribution >= 4 is 38.2 Å².